The van der Waals surface area contributed by atoms with E-state index in [4.69, 9.17) is 23.2 Å². The molecule has 1 aliphatic rings. The average Bonchev–Trinajstić information content (AvgIpc) is 2.54. The highest BCUT2D eigenvalue weighted by Gasteiger charge is 2.39. The van der Waals surface area contributed by atoms with Crippen LogP contribution in [0.4, 0.5) is 5.95 Å². The van der Waals surface area contributed by atoms with Crippen LogP contribution in [0.3, 0.4) is 0 Å². The molecular weight excluding hydrogens is 351 g/mol. The molecule has 8 heteroatoms. The van der Waals surface area contributed by atoms with Crippen LogP contribution < -0.4 is 4.90 Å². The molecule has 6 nitrogen and oxygen atoms in total. The molecule has 0 bridgehead atoms. The van der Waals surface area contributed by atoms with Crippen LogP contribution in [0, 0.1) is 5.41 Å². The number of ketones is 1. The molecule has 134 valence electrons. The zero-order chi connectivity index (χ0) is 18.2. The SMILES string of the molecule is CCC.CN(CCC1(C=O)CCCCC1=O)c1nc(Cl)nc(Cl)n1. The lowest BCUT2D eigenvalue weighted by atomic mass is 9.72. The summed E-state index contributed by atoms with van der Waals surface area (Å²) in [6.45, 7) is 4.71. The molecule has 0 radical (unpaired) electrons. The average molecular weight is 375 g/mol. The molecule has 1 saturated carbocycles. The first-order chi connectivity index (χ1) is 11.4. The molecule has 1 unspecified atom stereocenters. The van der Waals surface area contributed by atoms with Crippen molar-refractivity contribution in [3.05, 3.63) is 10.6 Å². The van der Waals surface area contributed by atoms with Crippen molar-refractivity contribution in [3.63, 3.8) is 0 Å². The first-order valence-electron chi connectivity index (χ1n) is 8.16. The zero-order valence-electron chi connectivity index (χ0n) is 14.4. The highest BCUT2D eigenvalue weighted by atomic mass is 35.5. The van der Waals surface area contributed by atoms with E-state index >= 15 is 0 Å². The van der Waals surface area contributed by atoms with Crippen LogP contribution in [0.1, 0.15) is 52.4 Å². The van der Waals surface area contributed by atoms with Crippen LogP contribution in [0.25, 0.3) is 0 Å². The molecule has 0 N–H and O–H groups in total. The first-order valence-corrected chi connectivity index (χ1v) is 8.92. The van der Waals surface area contributed by atoms with E-state index in [2.05, 4.69) is 28.8 Å². The summed E-state index contributed by atoms with van der Waals surface area (Å²) in [6.07, 6.45) is 5.34. The third-order valence-electron chi connectivity index (χ3n) is 3.86. The van der Waals surface area contributed by atoms with Gasteiger partial charge in [0.05, 0.1) is 5.41 Å². The molecule has 24 heavy (non-hydrogen) atoms. The predicted molar refractivity (Wildman–Crippen MR) is 95.7 cm³/mol. The molecule has 2 rings (SSSR count). The Kier molecular flexibility index (Phi) is 8.56. The summed E-state index contributed by atoms with van der Waals surface area (Å²) >= 11 is 11.5. The molecule has 0 aliphatic heterocycles. The number of anilines is 1. The number of hydrogen-bond acceptors (Lipinski definition) is 6. The van der Waals surface area contributed by atoms with Crippen molar-refractivity contribution >= 4 is 41.2 Å². The fourth-order valence-corrected chi connectivity index (χ4v) is 2.87. The summed E-state index contributed by atoms with van der Waals surface area (Å²) in [7, 11) is 1.76. The van der Waals surface area contributed by atoms with E-state index in [1.54, 1.807) is 11.9 Å². The number of hydrogen-bond donors (Lipinski definition) is 0. The van der Waals surface area contributed by atoms with E-state index in [-0.39, 0.29) is 16.4 Å². The molecule has 0 amide bonds. The van der Waals surface area contributed by atoms with Crippen molar-refractivity contribution in [2.75, 3.05) is 18.5 Å². The molecule has 1 aliphatic carbocycles. The minimum Gasteiger partial charge on any atom is -0.344 e. The van der Waals surface area contributed by atoms with E-state index in [1.807, 2.05) is 0 Å². The predicted octanol–water partition coefficient (Wildman–Crippen LogP) is 3.75. The number of carbonyl (C=O) groups excluding carboxylic acids is 2. The Morgan fingerprint density at radius 3 is 2.25 bits per heavy atom. The largest absolute Gasteiger partial charge is 0.344 e. The van der Waals surface area contributed by atoms with Gasteiger partial charge in [0.15, 0.2) is 0 Å². The number of Topliss-reactive ketones (excluding diaryl/α,β-unsaturated/α-hetero) is 1. The van der Waals surface area contributed by atoms with Crippen molar-refractivity contribution in [3.8, 4) is 0 Å². The van der Waals surface area contributed by atoms with Gasteiger partial charge in [-0.3, -0.25) is 4.79 Å². The molecule has 0 saturated heterocycles. The van der Waals surface area contributed by atoms with Crippen LogP contribution >= 0.6 is 23.2 Å². The van der Waals surface area contributed by atoms with Gasteiger partial charge in [-0.15, -0.1) is 0 Å². The van der Waals surface area contributed by atoms with Gasteiger partial charge in [0.2, 0.25) is 16.5 Å². The Bertz CT molecular complexity index is 551. The Balaban J connectivity index is 0.000000891. The lowest BCUT2D eigenvalue weighted by Crippen LogP contribution is -2.39. The Labute approximate surface area is 153 Å². The van der Waals surface area contributed by atoms with Gasteiger partial charge in [0.1, 0.15) is 12.1 Å². The van der Waals surface area contributed by atoms with Gasteiger partial charge in [-0.25, -0.2) is 0 Å². The van der Waals surface area contributed by atoms with Gasteiger partial charge >= 0.3 is 0 Å². The van der Waals surface area contributed by atoms with Crippen LogP contribution in [0.2, 0.25) is 10.6 Å². The van der Waals surface area contributed by atoms with Gasteiger partial charge < -0.3 is 9.69 Å². The highest BCUT2D eigenvalue weighted by Crippen LogP contribution is 2.34. The third kappa shape index (κ3) is 5.67. The minimum absolute atomic E-state index is 0.00990. The second-order valence-electron chi connectivity index (χ2n) is 5.96. The molecule has 1 atom stereocenters. The second kappa shape index (κ2) is 9.89. The lowest BCUT2D eigenvalue weighted by Gasteiger charge is -2.32. The highest BCUT2D eigenvalue weighted by molar-refractivity contribution is 6.31. The summed E-state index contributed by atoms with van der Waals surface area (Å²) < 4.78 is 0. The fourth-order valence-electron chi connectivity index (χ4n) is 2.52. The Morgan fingerprint density at radius 2 is 1.75 bits per heavy atom. The minimum atomic E-state index is -0.868. The van der Waals surface area contributed by atoms with Crippen molar-refractivity contribution in [2.24, 2.45) is 5.41 Å². The zero-order valence-corrected chi connectivity index (χ0v) is 15.9. The van der Waals surface area contributed by atoms with Gasteiger partial charge in [-0.05, 0) is 42.5 Å². The molecule has 0 aromatic carbocycles. The van der Waals surface area contributed by atoms with E-state index in [9.17, 15) is 9.59 Å². The van der Waals surface area contributed by atoms with E-state index in [0.717, 1.165) is 19.1 Å². The van der Waals surface area contributed by atoms with Gasteiger partial charge in [-0.2, -0.15) is 15.0 Å². The van der Waals surface area contributed by atoms with E-state index in [1.165, 1.54) is 6.42 Å². The smallest absolute Gasteiger partial charge is 0.230 e. The van der Waals surface area contributed by atoms with Gasteiger partial charge in [-0.1, -0.05) is 26.7 Å². The summed E-state index contributed by atoms with van der Waals surface area (Å²) in [5.41, 5.74) is -0.868. The summed E-state index contributed by atoms with van der Waals surface area (Å²) in [6, 6.07) is 0. The molecule has 1 aromatic heterocycles. The fraction of sp³-hybridized carbons (Fsp3) is 0.688. The number of carbonyl (C=O) groups is 2. The number of nitrogens with zero attached hydrogens (tertiary/aromatic N) is 4. The second-order valence-corrected chi connectivity index (χ2v) is 6.63. The van der Waals surface area contributed by atoms with E-state index < -0.39 is 5.41 Å². The summed E-state index contributed by atoms with van der Waals surface area (Å²) in [5, 5.41) is 0.0198. The van der Waals surface area contributed by atoms with Gasteiger partial charge in [0.25, 0.3) is 0 Å². The van der Waals surface area contributed by atoms with Crippen molar-refractivity contribution < 1.29 is 9.59 Å². The number of aldehydes is 1. The monoisotopic (exact) mass is 374 g/mol. The first kappa shape index (κ1) is 20.8. The number of rotatable bonds is 5. The normalized spacial score (nSPS) is 20.1. The third-order valence-corrected chi connectivity index (χ3v) is 4.20. The Morgan fingerprint density at radius 1 is 1.17 bits per heavy atom. The topological polar surface area (TPSA) is 76.1 Å². The Hall–Kier alpha value is -1.27. The standard InChI is InChI=1S/C13H16Cl2N4O2.C3H8/c1-19(12-17-10(14)16-11(15)18-12)7-6-13(8-20)5-3-2-4-9(13)21;1-3-2/h8H,2-7H2,1H3;3H2,1-2H3. The molecular formula is C16H24Cl2N4O2. The van der Waals surface area contributed by atoms with Crippen LogP contribution in [0.15, 0.2) is 0 Å². The number of halogens is 2. The summed E-state index contributed by atoms with van der Waals surface area (Å²) in [4.78, 5) is 36.8. The van der Waals surface area contributed by atoms with E-state index in [0.29, 0.717) is 31.8 Å². The maximum Gasteiger partial charge on any atom is 0.230 e. The lowest BCUT2D eigenvalue weighted by molar-refractivity contribution is -0.137. The molecule has 1 aromatic rings. The number of aromatic nitrogens is 3. The van der Waals surface area contributed by atoms with Crippen LogP contribution in [0.5, 0.6) is 0 Å². The maximum atomic E-state index is 12.1. The molecule has 0 spiro atoms. The van der Waals surface area contributed by atoms with Crippen molar-refractivity contribution in [2.45, 2.75) is 52.4 Å². The quantitative estimate of drug-likeness (QED) is 0.576. The van der Waals surface area contributed by atoms with Crippen LogP contribution in [-0.4, -0.2) is 40.6 Å². The van der Waals surface area contributed by atoms with Crippen molar-refractivity contribution in [1.29, 1.82) is 0 Å². The molecule has 1 fully saturated rings. The maximum absolute atomic E-state index is 12.1. The summed E-state index contributed by atoms with van der Waals surface area (Å²) in [5.74, 6) is 0.355. The van der Waals surface area contributed by atoms with Crippen LogP contribution in [-0.2, 0) is 9.59 Å². The molecule has 1 heterocycles. The van der Waals surface area contributed by atoms with Crippen molar-refractivity contribution in [1.82, 2.24) is 15.0 Å². The van der Waals surface area contributed by atoms with Gasteiger partial charge in [0, 0.05) is 20.0 Å².